The second kappa shape index (κ2) is 7.22. The summed E-state index contributed by atoms with van der Waals surface area (Å²) in [6.45, 7) is 12.5. The number of benzene rings is 2. The van der Waals surface area contributed by atoms with Gasteiger partial charge in [0.15, 0.2) is 0 Å². The van der Waals surface area contributed by atoms with E-state index in [1.54, 1.807) is 6.20 Å². The van der Waals surface area contributed by atoms with E-state index < -0.39 is 0 Å². The van der Waals surface area contributed by atoms with Crippen LogP contribution in [0, 0.1) is 20.8 Å². The Morgan fingerprint density at radius 3 is 2.50 bits per heavy atom. The molecule has 2 aromatic rings. The van der Waals surface area contributed by atoms with E-state index in [1.807, 2.05) is 0 Å². The summed E-state index contributed by atoms with van der Waals surface area (Å²) in [6, 6.07) is 13.2. The molecular formula is C21H25N. The van der Waals surface area contributed by atoms with Gasteiger partial charge in [-0.3, -0.25) is 4.99 Å². The molecule has 0 unspecified atom stereocenters. The summed E-state index contributed by atoms with van der Waals surface area (Å²) in [4.78, 5) is 4.57. The minimum atomic E-state index is 0.834. The fourth-order valence-electron chi connectivity index (χ4n) is 2.92. The molecule has 114 valence electrons. The van der Waals surface area contributed by atoms with E-state index in [0.717, 1.165) is 18.6 Å². The van der Waals surface area contributed by atoms with Crippen LogP contribution in [0.15, 0.2) is 54.2 Å². The number of hydrogen-bond acceptors (Lipinski definition) is 1. The summed E-state index contributed by atoms with van der Waals surface area (Å²) < 4.78 is 0. The molecule has 0 aliphatic rings. The highest BCUT2D eigenvalue weighted by molar-refractivity contribution is 6.03. The van der Waals surface area contributed by atoms with Crippen LogP contribution in [0.4, 0.5) is 0 Å². The highest BCUT2D eigenvalue weighted by Crippen LogP contribution is 2.20. The second-order valence-corrected chi connectivity index (χ2v) is 5.87. The molecule has 0 saturated heterocycles. The Balaban J connectivity index is 2.45. The van der Waals surface area contributed by atoms with Crippen molar-refractivity contribution in [2.45, 2.75) is 40.5 Å². The predicted molar refractivity (Wildman–Crippen MR) is 96.9 cm³/mol. The molecule has 0 amide bonds. The van der Waals surface area contributed by atoms with Gasteiger partial charge in [0.1, 0.15) is 0 Å². The van der Waals surface area contributed by atoms with Crippen LogP contribution in [-0.4, -0.2) is 5.71 Å². The summed E-state index contributed by atoms with van der Waals surface area (Å²) in [7, 11) is 0. The molecule has 0 spiro atoms. The first-order valence-electron chi connectivity index (χ1n) is 7.88. The van der Waals surface area contributed by atoms with E-state index in [4.69, 9.17) is 0 Å². The zero-order chi connectivity index (χ0) is 16.1. The lowest BCUT2D eigenvalue weighted by atomic mass is 9.93. The SMILES string of the molecule is C=CN=C(Cc1cccc(C)c1)c1cc(CC)c(C)cc1C. The summed E-state index contributed by atoms with van der Waals surface area (Å²) in [5.41, 5.74) is 8.93. The van der Waals surface area contributed by atoms with Gasteiger partial charge in [0.2, 0.25) is 0 Å². The highest BCUT2D eigenvalue weighted by atomic mass is 14.7. The Morgan fingerprint density at radius 2 is 1.86 bits per heavy atom. The molecule has 0 aliphatic carbocycles. The highest BCUT2D eigenvalue weighted by Gasteiger charge is 2.10. The van der Waals surface area contributed by atoms with Crippen molar-refractivity contribution in [3.05, 3.63) is 82.6 Å². The first kappa shape index (κ1) is 16.2. The van der Waals surface area contributed by atoms with Crippen molar-refractivity contribution in [1.82, 2.24) is 0 Å². The largest absolute Gasteiger partial charge is 0.261 e. The third-order valence-electron chi connectivity index (χ3n) is 4.08. The van der Waals surface area contributed by atoms with Crippen LogP contribution in [0.1, 0.15) is 40.3 Å². The fraction of sp³-hybridized carbons (Fsp3) is 0.286. The van der Waals surface area contributed by atoms with Gasteiger partial charge in [-0.25, -0.2) is 0 Å². The lowest BCUT2D eigenvalue weighted by Crippen LogP contribution is -2.09. The number of nitrogens with zero attached hydrogens (tertiary/aromatic N) is 1. The van der Waals surface area contributed by atoms with Gasteiger partial charge in [0.25, 0.3) is 0 Å². The summed E-state index contributed by atoms with van der Waals surface area (Å²) in [6.07, 6.45) is 3.53. The van der Waals surface area contributed by atoms with Crippen molar-refractivity contribution in [2.75, 3.05) is 0 Å². The van der Waals surface area contributed by atoms with Gasteiger partial charge in [-0.15, -0.1) is 0 Å². The molecule has 0 saturated carbocycles. The minimum Gasteiger partial charge on any atom is -0.261 e. The quantitative estimate of drug-likeness (QED) is 0.658. The van der Waals surface area contributed by atoms with E-state index in [0.29, 0.717) is 0 Å². The molecule has 0 radical (unpaired) electrons. The van der Waals surface area contributed by atoms with Gasteiger partial charge in [-0.2, -0.15) is 0 Å². The molecule has 0 aliphatic heterocycles. The average molecular weight is 291 g/mol. The van der Waals surface area contributed by atoms with Crippen molar-refractivity contribution in [3.63, 3.8) is 0 Å². The van der Waals surface area contributed by atoms with Crippen molar-refractivity contribution in [3.8, 4) is 0 Å². The lowest BCUT2D eigenvalue weighted by molar-refractivity contribution is 1.10. The maximum absolute atomic E-state index is 4.57. The number of aryl methyl sites for hydroxylation is 4. The maximum Gasteiger partial charge on any atom is 0.0522 e. The van der Waals surface area contributed by atoms with Gasteiger partial charge in [0.05, 0.1) is 5.71 Å². The summed E-state index contributed by atoms with van der Waals surface area (Å²) in [5.74, 6) is 0. The van der Waals surface area contributed by atoms with Crippen LogP contribution in [-0.2, 0) is 12.8 Å². The topological polar surface area (TPSA) is 12.4 Å². The van der Waals surface area contributed by atoms with Crippen molar-refractivity contribution in [1.29, 1.82) is 0 Å². The Labute approximate surface area is 134 Å². The molecule has 0 N–H and O–H groups in total. The third kappa shape index (κ3) is 3.73. The maximum atomic E-state index is 4.57. The van der Waals surface area contributed by atoms with Gasteiger partial charge in [-0.05, 0) is 61.1 Å². The first-order valence-corrected chi connectivity index (χ1v) is 7.88. The van der Waals surface area contributed by atoms with E-state index in [9.17, 15) is 0 Å². The smallest absolute Gasteiger partial charge is 0.0522 e. The molecule has 22 heavy (non-hydrogen) atoms. The summed E-state index contributed by atoms with van der Waals surface area (Å²) in [5, 5.41) is 0. The molecule has 0 atom stereocenters. The minimum absolute atomic E-state index is 0.834. The predicted octanol–water partition coefficient (Wildman–Crippen LogP) is 5.35. The Hall–Kier alpha value is -2.15. The molecule has 0 heterocycles. The Morgan fingerprint density at radius 1 is 1.09 bits per heavy atom. The van der Waals surface area contributed by atoms with E-state index in [-0.39, 0.29) is 0 Å². The normalized spacial score (nSPS) is 11.5. The van der Waals surface area contributed by atoms with Crippen LogP contribution in [0.3, 0.4) is 0 Å². The molecule has 1 heteroatoms. The molecule has 2 aromatic carbocycles. The number of hydrogen-bond donors (Lipinski definition) is 0. The van der Waals surface area contributed by atoms with Gasteiger partial charge >= 0.3 is 0 Å². The molecular weight excluding hydrogens is 266 g/mol. The van der Waals surface area contributed by atoms with Crippen molar-refractivity contribution >= 4 is 5.71 Å². The molecule has 2 rings (SSSR count). The van der Waals surface area contributed by atoms with Crippen LogP contribution in [0.5, 0.6) is 0 Å². The molecule has 0 bridgehead atoms. The molecule has 0 aromatic heterocycles. The molecule has 0 fully saturated rings. The zero-order valence-corrected chi connectivity index (χ0v) is 14.1. The Bertz CT molecular complexity index is 708. The average Bonchev–Trinajstić information content (AvgIpc) is 2.47. The van der Waals surface area contributed by atoms with Crippen molar-refractivity contribution in [2.24, 2.45) is 4.99 Å². The second-order valence-electron chi connectivity index (χ2n) is 5.87. The number of rotatable bonds is 5. The number of aliphatic imine (C=N–C) groups is 1. The fourth-order valence-corrected chi connectivity index (χ4v) is 2.92. The van der Waals surface area contributed by atoms with E-state index in [1.165, 1.54) is 33.4 Å². The molecule has 1 nitrogen and oxygen atoms in total. The Kier molecular flexibility index (Phi) is 5.32. The van der Waals surface area contributed by atoms with Crippen LogP contribution in [0.2, 0.25) is 0 Å². The zero-order valence-electron chi connectivity index (χ0n) is 14.1. The van der Waals surface area contributed by atoms with Crippen molar-refractivity contribution < 1.29 is 0 Å². The van der Waals surface area contributed by atoms with Crippen LogP contribution < -0.4 is 0 Å². The monoisotopic (exact) mass is 291 g/mol. The van der Waals surface area contributed by atoms with Crippen LogP contribution in [0.25, 0.3) is 0 Å². The van der Waals surface area contributed by atoms with Gasteiger partial charge < -0.3 is 0 Å². The van der Waals surface area contributed by atoms with E-state index >= 15 is 0 Å². The summed E-state index contributed by atoms with van der Waals surface area (Å²) >= 11 is 0. The first-order chi connectivity index (χ1) is 10.5. The van der Waals surface area contributed by atoms with Gasteiger partial charge in [-0.1, -0.05) is 49.4 Å². The standard InChI is InChI=1S/C21H25N/c1-6-19-14-20(17(5)12-16(19)4)21(22-7-2)13-18-10-8-9-15(3)11-18/h7-12,14H,2,6,13H2,1,3-5H3. The van der Waals surface area contributed by atoms with E-state index in [2.05, 4.69) is 75.7 Å². The third-order valence-corrected chi connectivity index (χ3v) is 4.08. The lowest BCUT2D eigenvalue weighted by Gasteiger charge is -2.14. The van der Waals surface area contributed by atoms with Crippen LogP contribution >= 0.6 is 0 Å². The van der Waals surface area contributed by atoms with Gasteiger partial charge in [0, 0.05) is 12.6 Å².